The molecular weight excluding hydrogens is 320 g/mol. The van der Waals surface area contributed by atoms with Crippen molar-refractivity contribution in [1.82, 2.24) is 15.2 Å². The molecule has 1 aromatic heterocycles. The maximum Gasteiger partial charge on any atom is 0.325 e. The molecule has 134 valence electrons. The topological polar surface area (TPSA) is 91.4 Å². The van der Waals surface area contributed by atoms with Crippen molar-refractivity contribution in [3.63, 3.8) is 0 Å². The van der Waals surface area contributed by atoms with Crippen LogP contribution in [0.5, 0.6) is 0 Å². The molecule has 2 atom stereocenters. The molecule has 2 aliphatic rings. The van der Waals surface area contributed by atoms with Gasteiger partial charge in [0.15, 0.2) is 0 Å². The molecular formula is C18H24N4O3. The van der Waals surface area contributed by atoms with Crippen LogP contribution in [-0.2, 0) is 9.59 Å². The lowest BCUT2D eigenvalue weighted by Gasteiger charge is -2.43. The number of anilines is 1. The Kier molecular flexibility index (Phi) is 4.26. The Hall–Kier alpha value is -2.44. The average Bonchev–Trinajstić information content (AvgIpc) is 2.70. The Labute approximate surface area is 147 Å². The third-order valence-electron chi connectivity index (χ3n) is 4.86. The van der Waals surface area contributed by atoms with Gasteiger partial charge in [0, 0.05) is 6.20 Å². The van der Waals surface area contributed by atoms with Crippen LogP contribution in [0.15, 0.2) is 24.4 Å². The van der Waals surface area contributed by atoms with E-state index in [2.05, 4.69) is 36.4 Å². The van der Waals surface area contributed by atoms with E-state index >= 15 is 0 Å². The van der Waals surface area contributed by atoms with Gasteiger partial charge in [0.1, 0.15) is 17.9 Å². The highest BCUT2D eigenvalue weighted by Crippen LogP contribution is 2.46. The van der Waals surface area contributed by atoms with E-state index in [9.17, 15) is 14.4 Å². The van der Waals surface area contributed by atoms with Crippen LogP contribution < -0.4 is 10.6 Å². The van der Waals surface area contributed by atoms with Gasteiger partial charge in [-0.25, -0.2) is 9.78 Å². The van der Waals surface area contributed by atoms with Crippen molar-refractivity contribution >= 4 is 23.7 Å². The van der Waals surface area contributed by atoms with Crippen molar-refractivity contribution in [2.24, 2.45) is 11.3 Å². The smallest absolute Gasteiger partial charge is 0.323 e. The van der Waals surface area contributed by atoms with Gasteiger partial charge in [-0.3, -0.25) is 14.5 Å². The Morgan fingerprint density at radius 1 is 1.36 bits per heavy atom. The highest BCUT2D eigenvalue weighted by molar-refractivity contribution is 6.10. The fraction of sp³-hybridized carbons (Fsp3) is 0.556. The van der Waals surface area contributed by atoms with Crippen LogP contribution in [0.4, 0.5) is 10.6 Å². The summed E-state index contributed by atoms with van der Waals surface area (Å²) in [5.74, 6) is -0.0207. The summed E-state index contributed by atoms with van der Waals surface area (Å²) in [7, 11) is 0. The van der Waals surface area contributed by atoms with Crippen LogP contribution in [-0.4, -0.2) is 39.8 Å². The van der Waals surface area contributed by atoms with E-state index in [0.29, 0.717) is 24.6 Å². The first kappa shape index (κ1) is 17.4. The summed E-state index contributed by atoms with van der Waals surface area (Å²) in [6, 6.07) is 4.64. The highest BCUT2D eigenvalue weighted by Gasteiger charge is 2.56. The Bertz CT molecular complexity index is 704. The molecule has 1 spiro atoms. The van der Waals surface area contributed by atoms with Crippen molar-refractivity contribution in [1.29, 1.82) is 0 Å². The Morgan fingerprint density at radius 2 is 2.12 bits per heavy atom. The van der Waals surface area contributed by atoms with Gasteiger partial charge in [-0.2, -0.15) is 0 Å². The van der Waals surface area contributed by atoms with Gasteiger partial charge < -0.3 is 10.6 Å². The van der Waals surface area contributed by atoms with Crippen molar-refractivity contribution in [3.8, 4) is 0 Å². The number of nitrogens with zero attached hydrogens (tertiary/aromatic N) is 2. The van der Waals surface area contributed by atoms with Crippen molar-refractivity contribution in [2.75, 3.05) is 11.9 Å². The Morgan fingerprint density at radius 3 is 2.76 bits per heavy atom. The zero-order valence-electron chi connectivity index (χ0n) is 14.8. The van der Waals surface area contributed by atoms with Crippen molar-refractivity contribution < 1.29 is 14.4 Å². The minimum atomic E-state index is -0.885. The Balaban J connectivity index is 1.72. The molecule has 2 unspecified atom stereocenters. The third-order valence-corrected chi connectivity index (χ3v) is 4.86. The quantitative estimate of drug-likeness (QED) is 0.822. The van der Waals surface area contributed by atoms with Gasteiger partial charge in [0.25, 0.3) is 5.91 Å². The molecule has 3 rings (SSSR count). The highest BCUT2D eigenvalue weighted by atomic mass is 16.2. The van der Waals surface area contributed by atoms with E-state index in [1.807, 2.05) is 0 Å². The second-order valence-electron chi connectivity index (χ2n) is 8.02. The lowest BCUT2D eigenvalue weighted by atomic mass is 9.64. The predicted molar refractivity (Wildman–Crippen MR) is 92.6 cm³/mol. The second-order valence-corrected chi connectivity index (χ2v) is 8.02. The van der Waals surface area contributed by atoms with Gasteiger partial charge in [-0.1, -0.05) is 26.8 Å². The maximum atomic E-state index is 13.0. The number of hydrogen-bond acceptors (Lipinski definition) is 4. The fourth-order valence-electron chi connectivity index (χ4n) is 4.41. The third kappa shape index (κ3) is 3.50. The van der Waals surface area contributed by atoms with Gasteiger partial charge in [0.2, 0.25) is 5.91 Å². The number of hydrogen-bond donors (Lipinski definition) is 2. The maximum absolute atomic E-state index is 13.0. The molecule has 7 nitrogen and oxygen atoms in total. The van der Waals surface area contributed by atoms with E-state index in [0.717, 1.165) is 11.3 Å². The summed E-state index contributed by atoms with van der Waals surface area (Å²) >= 11 is 0. The number of carbonyl (C=O) groups is 3. The van der Waals surface area contributed by atoms with Crippen LogP contribution in [0, 0.1) is 11.3 Å². The molecule has 1 saturated heterocycles. The van der Waals surface area contributed by atoms with E-state index in [1.54, 1.807) is 24.4 Å². The minimum Gasteiger partial charge on any atom is -0.323 e. The first-order valence-corrected chi connectivity index (χ1v) is 8.56. The molecule has 25 heavy (non-hydrogen) atoms. The number of nitrogens with one attached hydrogen (secondary N) is 2. The summed E-state index contributed by atoms with van der Waals surface area (Å²) in [5.41, 5.74) is -0.920. The average molecular weight is 344 g/mol. The molecule has 2 N–H and O–H groups in total. The molecule has 1 aliphatic heterocycles. The van der Waals surface area contributed by atoms with E-state index in [-0.39, 0.29) is 17.9 Å². The van der Waals surface area contributed by atoms with Crippen molar-refractivity contribution in [3.05, 3.63) is 24.4 Å². The van der Waals surface area contributed by atoms with Crippen LogP contribution in [0.2, 0.25) is 0 Å². The first-order chi connectivity index (χ1) is 11.7. The fourth-order valence-corrected chi connectivity index (χ4v) is 4.41. The van der Waals surface area contributed by atoms with Gasteiger partial charge in [-0.05, 0) is 42.7 Å². The molecule has 7 heteroatoms. The van der Waals surface area contributed by atoms with Gasteiger partial charge >= 0.3 is 6.03 Å². The number of amides is 4. The van der Waals surface area contributed by atoms with E-state index < -0.39 is 17.5 Å². The number of rotatable bonds is 3. The zero-order valence-corrected chi connectivity index (χ0v) is 14.8. The molecule has 1 aliphatic carbocycles. The number of pyridine rings is 1. The number of aromatic nitrogens is 1. The van der Waals surface area contributed by atoms with Crippen LogP contribution >= 0.6 is 0 Å². The number of urea groups is 1. The van der Waals surface area contributed by atoms with Gasteiger partial charge in [-0.15, -0.1) is 0 Å². The van der Waals surface area contributed by atoms with E-state index in [4.69, 9.17) is 0 Å². The van der Waals surface area contributed by atoms with Crippen LogP contribution in [0.25, 0.3) is 0 Å². The lowest BCUT2D eigenvalue weighted by molar-refractivity contribution is -0.136. The molecule has 0 radical (unpaired) electrons. The van der Waals surface area contributed by atoms with E-state index in [1.165, 1.54) is 0 Å². The summed E-state index contributed by atoms with van der Waals surface area (Å²) in [6.45, 7) is 6.01. The summed E-state index contributed by atoms with van der Waals surface area (Å²) in [6.07, 6.45) is 3.77. The van der Waals surface area contributed by atoms with Crippen molar-refractivity contribution in [2.45, 2.75) is 45.6 Å². The molecule has 2 heterocycles. The molecule has 4 amide bonds. The molecule has 1 aromatic rings. The SMILES string of the molecule is CC1CC(C)(C)CC2(C1)NC(=O)N(CC(=O)Nc1ccccn1)C2=O. The lowest BCUT2D eigenvalue weighted by Crippen LogP contribution is -2.54. The molecule has 2 fully saturated rings. The summed E-state index contributed by atoms with van der Waals surface area (Å²) in [5, 5.41) is 5.47. The van der Waals surface area contributed by atoms with Gasteiger partial charge in [0.05, 0.1) is 0 Å². The number of carbonyl (C=O) groups excluding carboxylic acids is 3. The largest absolute Gasteiger partial charge is 0.325 e. The van der Waals surface area contributed by atoms with Crippen LogP contribution in [0.1, 0.15) is 40.0 Å². The standard InChI is InChI=1S/C18H24N4O3/c1-12-8-17(2,3)11-18(9-12)15(24)22(16(25)21-18)10-14(23)20-13-6-4-5-7-19-13/h4-7,12H,8-11H2,1-3H3,(H,21,25)(H,19,20,23). The summed E-state index contributed by atoms with van der Waals surface area (Å²) in [4.78, 5) is 42.5. The predicted octanol–water partition coefficient (Wildman–Crippen LogP) is 2.16. The summed E-state index contributed by atoms with van der Waals surface area (Å²) < 4.78 is 0. The normalized spacial score (nSPS) is 28.1. The first-order valence-electron chi connectivity index (χ1n) is 8.56. The minimum absolute atomic E-state index is 0.0349. The second kappa shape index (κ2) is 6.13. The van der Waals surface area contributed by atoms with Crippen LogP contribution in [0.3, 0.4) is 0 Å². The molecule has 0 bridgehead atoms. The molecule has 1 saturated carbocycles. The molecule has 0 aromatic carbocycles. The zero-order chi connectivity index (χ0) is 18.2. The monoisotopic (exact) mass is 344 g/mol. The number of imide groups is 1.